The van der Waals surface area contributed by atoms with Crippen LogP contribution >= 0.6 is 0 Å². The van der Waals surface area contributed by atoms with Gasteiger partial charge in [0.1, 0.15) is 0 Å². The summed E-state index contributed by atoms with van der Waals surface area (Å²) in [5, 5.41) is 27.6. The monoisotopic (exact) mass is 446 g/mol. The number of rotatable bonds is 11. The van der Waals surface area contributed by atoms with Gasteiger partial charge in [-0.2, -0.15) is 0 Å². The molecular formula is C19H34N4O8. The van der Waals surface area contributed by atoms with Gasteiger partial charge in [-0.1, -0.05) is 13.3 Å². The molecule has 1 fully saturated rings. The highest BCUT2D eigenvalue weighted by Crippen LogP contribution is 2.10. The van der Waals surface area contributed by atoms with E-state index in [0.29, 0.717) is 65.3 Å². The minimum absolute atomic E-state index is 0.188. The Morgan fingerprint density at radius 3 is 1.42 bits per heavy atom. The molecule has 1 aliphatic rings. The normalized spacial score (nSPS) is 19.6. The van der Waals surface area contributed by atoms with Gasteiger partial charge in [-0.3, -0.25) is 38.8 Å². The number of aliphatic carboxylic acids is 3. The summed E-state index contributed by atoms with van der Waals surface area (Å²) in [6.45, 7) is 4.75. The third-order valence-electron chi connectivity index (χ3n) is 5.10. The molecule has 0 saturated carbocycles. The van der Waals surface area contributed by atoms with Crippen LogP contribution in [0.5, 0.6) is 0 Å². The van der Waals surface area contributed by atoms with Crippen molar-refractivity contribution in [3.05, 3.63) is 0 Å². The first kappa shape index (κ1) is 26.8. The van der Waals surface area contributed by atoms with E-state index in [1.807, 2.05) is 11.8 Å². The zero-order chi connectivity index (χ0) is 23.2. The molecule has 0 aromatic carbocycles. The van der Waals surface area contributed by atoms with E-state index in [0.717, 1.165) is 6.42 Å². The van der Waals surface area contributed by atoms with Crippen molar-refractivity contribution in [2.75, 3.05) is 72.0 Å². The van der Waals surface area contributed by atoms with Gasteiger partial charge >= 0.3 is 17.9 Å². The van der Waals surface area contributed by atoms with Crippen LogP contribution in [0.1, 0.15) is 19.8 Å². The van der Waals surface area contributed by atoms with Crippen molar-refractivity contribution < 1.29 is 39.2 Å². The number of carbonyl (C=O) groups excluding carboxylic acids is 1. The first-order valence-electron chi connectivity index (χ1n) is 10.4. The average Bonchev–Trinajstić information content (AvgIpc) is 2.67. The predicted molar refractivity (Wildman–Crippen MR) is 110 cm³/mol. The second-order valence-electron chi connectivity index (χ2n) is 7.52. The lowest BCUT2D eigenvalue weighted by atomic mass is 10.2. The summed E-state index contributed by atoms with van der Waals surface area (Å²) in [5.74, 6) is -2.96. The Morgan fingerprint density at radius 2 is 1.13 bits per heavy atom. The van der Waals surface area contributed by atoms with Gasteiger partial charge in [0, 0.05) is 52.4 Å². The highest BCUT2D eigenvalue weighted by atomic mass is 16.5. The Labute approximate surface area is 181 Å². The molecule has 1 unspecified atom stereocenters. The summed E-state index contributed by atoms with van der Waals surface area (Å²) in [6.07, 6.45) is 0.895. The maximum atomic E-state index is 11.3. The van der Waals surface area contributed by atoms with Crippen LogP contribution in [0.15, 0.2) is 0 Å². The molecule has 12 heteroatoms. The van der Waals surface area contributed by atoms with E-state index in [-0.39, 0.29) is 19.6 Å². The third-order valence-corrected chi connectivity index (χ3v) is 5.10. The molecule has 0 spiro atoms. The summed E-state index contributed by atoms with van der Waals surface area (Å²) < 4.78 is 5.24. The van der Waals surface area contributed by atoms with Gasteiger partial charge in [0.15, 0.2) is 6.23 Å². The molecule has 0 radical (unpaired) electrons. The number of carboxylic acid groups (broad SMARTS) is 3. The molecule has 1 heterocycles. The van der Waals surface area contributed by atoms with E-state index >= 15 is 0 Å². The van der Waals surface area contributed by atoms with Crippen molar-refractivity contribution in [1.82, 2.24) is 19.6 Å². The van der Waals surface area contributed by atoms with E-state index < -0.39 is 24.1 Å². The number of carbonyl (C=O) groups is 4. The number of ether oxygens (including phenoxy) is 1. The predicted octanol–water partition coefficient (Wildman–Crippen LogP) is -1.24. The summed E-state index contributed by atoms with van der Waals surface area (Å²) in [4.78, 5) is 51.8. The highest BCUT2D eigenvalue weighted by molar-refractivity contribution is 5.69. The average molecular weight is 447 g/mol. The molecular weight excluding hydrogens is 412 g/mol. The van der Waals surface area contributed by atoms with Gasteiger partial charge in [0.2, 0.25) is 0 Å². The Hall–Kier alpha value is -2.28. The van der Waals surface area contributed by atoms with Crippen molar-refractivity contribution in [1.29, 1.82) is 0 Å². The summed E-state index contributed by atoms with van der Waals surface area (Å²) in [5.41, 5.74) is 0. The van der Waals surface area contributed by atoms with E-state index in [4.69, 9.17) is 9.84 Å². The molecule has 3 N–H and O–H groups in total. The van der Waals surface area contributed by atoms with Crippen LogP contribution < -0.4 is 0 Å². The number of hydrogen-bond donors (Lipinski definition) is 3. The molecule has 1 atom stereocenters. The van der Waals surface area contributed by atoms with Crippen LogP contribution in [-0.4, -0.2) is 138 Å². The third kappa shape index (κ3) is 11.6. The first-order chi connectivity index (χ1) is 14.7. The standard InChI is InChI=1S/C19H34N4O8/c1-2-3-16(31-15-24)23-10-8-21(13-18(27)28)6-4-20(12-17(25)26)5-7-22(9-11-23)14-19(29)30/h15-16H,2-14H2,1H3,(H,25,26)(H,27,28)(H,29,30). The molecule has 0 bridgehead atoms. The van der Waals surface area contributed by atoms with Gasteiger partial charge in [0.25, 0.3) is 6.47 Å². The lowest BCUT2D eigenvalue weighted by Crippen LogP contribution is -2.50. The molecule has 0 aromatic rings. The van der Waals surface area contributed by atoms with Crippen LogP contribution in [0.4, 0.5) is 0 Å². The van der Waals surface area contributed by atoms with Crippen molar-refractivity contribution in [3.63, 3.8) is 0 Å². The second kappa shape index (κ2) is 14.7. The molecule has 1 aliphatic heterocycles. The molecule has 0 aromatic heterocycles. The topological polar surface area (TPSA) is 151 Å². The lowest BCUT2D eigenvalue weighted by molar-refractivity contribution is -0.145. The number of nitrogens with zero attached hydrogens (tertiary/aromatic N) is 4. The van der Waals surface area contributed by atoms with E-state index in [1.165, 1.54) is 0 Å². The lowest BCUT2D eigenvalue weighted by Gasteiger charge is -2.35. The fraction of sp³-hybridized carbons (Fsp3) is 0.789. The number of hydrogen-bond acceptors (Lipinski definition) is 9. The van der Waals surface area contributed by atoms with E-state index in [9.17, 15) is 29.4 Å². The maximum Gasteiger partial charge on any atom is 0.317 e. The van der Waals surface area contributed by atoms with Crippen LogP contribution in [0.2, 0.25) is 0 Å². The summed E-state index contributed by atoms with van der Waals surface area (Å²) in [6, 6.07) is 0. The minimum atomic E-state index is -0.999. The van der Waals surface area contributed by atoms with Crippen LogP contribution in [0, 0.1) is 0 Å². The Balaban J connectivity index is 3.03. The van der Waals surface area contributed by atoms with Gasteiger partial charge in [0.05, 0.1) is 19.6 Å². The largest absolute Gasteiger partial charge is 0.480 e. The molecule has 0 amide bonds. The van der Waals surface area contributed by atoms with Crippen LogP contribution in [-0.2, 0) is 23.9 Å². The van der Waals surface area contributed by atoms with E-state index in [2.05, 4.69) is 0 Å². The zero-order valence-electron chi connectivity index (χ0n) is 18.0. The second-order valence-corrected chi connectivity index (χ2v) is 7.52. The molecule has 1 rings (SSSR count). The first-order valence-corrected chi connectivity index (χ1v) is 10.4. The maximum absolute atomic E-state index is 11.3. The van der Waals surface area contributed by atoms with Crippen LogP contribution in [0.25, 0.3) is 0 Å². The molecule has 178 valence electrons. The van der Waals surface area contributed by atoms with Gasteiger partial charge in [-0.25, -0.2) is 0 Å². The minimum Gasteiger partial charge on any atom is -0.480 e. The van der Waals surface area contributed by atoms with Crippen molar-refractivity contribution in [3.8, 4) is 0 Å². The van der Waals surface area contributed by atoms with Crippen molar-refractivity contribution in [2.24, 2.45) is 0 Å². The van der Waals surface area contributed by atoms with E-state index in [1.54, 1.807) is 14.7 Å². The molecule has 1 saturated heterocycles. The quantitative estimate of drug-likeness (QED) is 0.326. The van der Waals surface area contributed by atoms with Crippen molar-refractivity contribution >= 4 is 24.4 Å². The highest BCUT2D eigenvalue weighted by Gasteiger charge is 2.24. The fourth-order valence-electron chi connectivity index (χ4n) is 3.54. The van der Waals surface area contributed by atoms with Gasteiger partial charge in [-0.05, 0) is 6.42 Å². The SMILES string of the molecule is CCCC(OC=O)N1CCN(CC(=O)O)CCN(CC(=O)O)CCN(CC(=O)O)CC1. The fourth-order valence-corrected chi connectivity index (χ4v) is 3.54. The van der Waals surface area contributed by atoms with Crippen molar-refractivity contribution in [2.45, 2.75) is 26.0 Å². The molecule has 31 heavy (non-hydrogen) atoms. The summed E-state index contributed by atoms with van der Waals surface area (Å²) in [7, 11) is 0. The Morgan fingerprint density at radius 1 is 0.774 bits per heavy atom. The summed E-state index contributed by atoms with van der Waals surface area (Å²) >= 11 is 0. The smallest absolute Gasteiger partial charge is 0.317 e. The van der Waals surface area contributed by atoms with Crippen LogP contribution in [0.3, 0.4) is 0 Å². The van der Waals surface area contributed by atoms with Gasteiger partial charge < -0.3 is 20.1 Å². The Kier molecular flexibility index (Phi) is 12.7. The Bertz CT molecular complexity index is 559. The zero-order valence-corrected chi connectivity index (χ0v) is 18.0. The van der Waals surface area contributed by atoms with Gasteiger partial charge in [-0.15, -0.1) is 0 Å². The molecule has 12 nitrogen and oxygen atoms in total. The number of carboxylic acids is 3. The molecule has 0 aliphatic carbocycles.